The Morgan fingerprint density at radius 3 is 3.00 bits per heavy atom. The van der Waals surface area contributed by atoms with Gasteiger partial charge in [0, 0.05) is 42.2 Å². The first kappa shape index (κ1) is 13.5. The normalized spacial score (nSPS) is 14.2. The summed E-state index contributed by atoms with van der Waals surface area (Å²) in [5.41, 5.74) is 4.17. The molecule has 5 heteroatoms. The summed E-state index contributed by atoms with van der Waals surface area (Å²) in [7, 11) is 0. The third-order valence-corrected chi connectivity index (χ3v) is 3.90. The second-order valence-electron chi connectivity index (χ2n) is 4.99. The monoisotopic (exact) mass is 291 g/mol. The third kappa shape index (κ3) is 2.67. The average Bonchev–Trinajstić information content (AvgIpc) is 2.42. The number of hydrogen-bond donors (Lipinski definition) is 1. The highest BCUT2D eigenvalue weighted by atomic mass is 35.5. The zero-order chi connectivity index (χ0) is 14.1. The fourth-order valence-electron chi connectivity index (χ4n) is 2.49. The van der Waals surface area contributed by atoms with Crippen LogP contribution in [0.2, 0.25) is 5.02 Å². The van der Waals surface area contributed by atoms with Crippen molar-refractivity contribution in [2.45, 2.75) is 26.3 Å². The molecule has 0 amide bonds. The molecular formula is C15H15ClFN3. The van der Waals surface area contributed by atoms with Gasteiger partial charge in [-0.2, -0.15) is 0 Å². The molecule has 0 aliphatic carbocycles. The molecule has 104 valence electrons. The van der Waals surface area contributed by atoms with Crippen molar-refractivity contribution in [3.63, 3.8) is 0 Å². The molecule has 20 heavy (non-hydrogen) atoms. The van der Waals surface area contributed by atoms with E-state index in [2.05, 4.69) is 15.3 Å². The maximum Gasteiger partial charge on any atom is 0.133 e. The fourth-order valence-corrected chi connectivity index (χ4v) is 2.72. The quantitative estimate of drug-likeness (QED) is 0.924. The molecule has 0 radical (unpaired) electrons. The summed E-state index contributed by atoms with van der Waals surface area (Å²) < 4.78 is 13.1. The minimum absolute atomic E-state index is 0.327. The molecule has 0 atom stereocenters. The summed E-state index contributed by atoms with van der Waals surface area (Å²) in [4.78, 5) is 9.17. The third-order valence-electron chi connectivity index (χ3n) is 3.55. The Bertz CT molecular complexity index is 658. The molecule has 0 fully saturated rings. The molecule has 1 aliphatic heterocycles. The summed E-state index contributed by atoms with van der Waals surface area (Å²) in [5.74, 6) is 0.420. The predicted molar refractivity (Wildman–Crippen MR) is 76.4 cm³/mol. The van der Waals surface area contributed by atoms with Gasteiger partial charge in [-0.3, -0.25) is 0 Å². The Morgan fingerprint density at radius 1 is 1.35 bits per heavy atom. The van der Waals surface area contributed by atoms with Gasteiger partial charge in [-0.05, 0) is 24.6 Å². The molecule has 3 rings (SSSR count). The molecule has 0 bridgehead atoms. The highest BCUT2D eigenvalue weighted by Gasteiger charge is 2.15. The van der Waals surface area contributed by atoms with Crippen molar-refractivity contribution < 1.29 is 4.39 Å². The number of nitrogens with one attached hydrogen (secondary N) is 1. The van der Waals surface area contributed by atoms with E-state index in [1.54, 1.807) is 6.07 Å². The standard InChI is InChI=1S/C15H15ClFN3/c1-9-12-8-18-5-4-14(12)20-15(19-9)6-10-2-3-11(17)7-13(10)16/h2-3,7,18H,4-6,8H2,1H3. The lowest BCUT2D eigenvalue weighted by Crippen LogP contribution is -2.26. The predicted octanol–water partition coefficient (Wildman–Crippen LogP) is 2.81. The summed E-state index contributed by atoms with van der Waals surface area (Å²) in [5, 5.41) is 3.75. The van der Waals surface area contributed by atoms with Crippen molar-refractivity contribution in [2.24, 2.45) is 0 Å². The van der Waals surface area contributed by atoms with Crippen LogP contribution in [-0.4, -0.2) is 16.5 Å². The molecule has 1 aliphatic rings. The molecule has 1 aromatic heterocycles. The van der Waals surface area contributed by atoms with Crippen LogP contribution < -0.4 is 5.32 Å². The number of aromatic nitrogens is 2. The van der Waals surface area contributed by atoms with Crippen LogP contribution >= 0.6 is 11.6 Å². The van der Waals surface area contributed by atoms with Gasteiger partial charge in [-0.1, -0.05) is 17.7 Å². The molecule has 0 spiro atoms. The van der Waals surface area contributed by atoms with Gasteiger partial charge in [0.25, 0.3) is 0 Å². The lowest BCUT2D eigenvalue weighted by Gasteiger charge is -2.18. The first-order valence-electron chi connectivity index (χ1n) is 6.63. The molecule has 2 heterocycles. The molecule has 0 saturated carbocycles. The lowest BCUT2D eigenvalue weighted by atomic mass is 10.0. The van der Waals surface area contributed by atoms with Crippen molar-refractivity contribution in [2.75, 3.05) is 6.54 Å². The summed E-state index contributed by atoms with van der Waals surface area (Å²) in [6.45, 7) is 3.78. The van der Waals surface area contributed by atoms with E-state index in [0.717, 1.165) is 42.3 Å². The molecule has 0 saturated heterocycles. The number of halogens is 2. The highest BCUT2D eigenvalue weighted by molar-refractivity contribution is 6.31. The second-order valence-corrected chi connectivity index (χ2v) is 5.40. The van der Waals surface area contributed by atoms with Gasteiger partial charge in [0.2, 0.25) is 0 Å². The number of aryl methyl sites for hydroxylation is 1. The maximum atomic E-state index is 13.1. The van der Waals surface area contributed by atoms with Crippen molar-refractivity contribution >= 4 is 11.6 Å². The van der Waals surface area contributed by atoms with Crippen LogP contribution in [0.25, 0.3) is 0 Å². The maximum absolute atomic E-state index is 13.1. The van der Waals surface area contributed by atoms with E-state index in [9.17, 15) is 4.39 Å². The van der Waals surface area contributed by atoms with Crippen LogP contribution in [0.4, 0.5) is 4.39 Å². The first-order chi connectivity index (χ1) is 9.63. The van der Waals surface area contributed by atoms with Gasteiger partial charge in [0.1, 0.15) is 11.6 Å². The van der Waals surface area contributed by atoms with Crippen molar-refractivity contribution in [1.29, 1.82) is 0 Å². The Balaban J connectivity index is 1.93. The summed E-state index contributed by atoms with van der Waals surface area (Å²) >= 11 is 6.06. The first-order valence-corrected chi connectivity index (χ1v) is 7.01. The Morgan fingerprint density at radius 2 is 2.20 bits per heavy atom. The van der Waals surface area contributed by atoms with E-state index in [-0.39, 0.29) is 5.82 Å². The van der Waals surface area contributed by atoms with Gasteiger partial charge in [-0.15, -0.1) is 0 Å². The number of hydrogen-bond acceptors (Lipinski definition) is 3. The van der Waals surface area contributed by atoms with Crippen molar-refractivity contribution in [3.05, 3.63) is 57.4 Å². The van der Waals surface area contributed by atoms with Gasteiger partial charge in [0.15, 0.2) is 0 Å². The lowest BCUT2D eigenvalue weighted by molar-refractivity contribution is 0.615. The highest BCUT2D eigenvalue weighted by Crippen LogP contribution is 2.21. The van der Waals surface area contributed by atoms with Gasteiger partial charge < -0.3 is 5.32 Å². The average molecular weight is 292 g/mol. The second kappa shape index (κ2) is 5.46. The molecular weight excluding hydrogens is 277 g/mol. The van der Waals surface area contributed by atoms with Gasteiger partial charge >= 0.3 is 0 Å². The minimum Gasteiger partial charge on any atom is -0.312 e. The molecule has 3 nitrogen and oxygen atoms in total. The van der Waals surface area contributed by atoms with E-state index < -0.39 is 0 Å². The van der Waals surface area contributed by atoms with Crippen LogP contribution in [-0.2, 0) is 19.4 Å². The SMILES string of the molecule is Cc1nc(Cc2ccc(F)cc2Cl)nc2c1CNCC2. The fraction of sp³-hybridized carbons (Fsp3) is 0.333. The molecule has 0 unspecified atom stereocenters. The zero-order valence-electron chi connectivity index (χ0n) is 11.2. The minimum atomic E-state index is -0.327. The number of fused-ring (bicyclic) bond motifs is 1. The number of nitrogens with zero attached hydrogens (tertiary/aromatic N) is 2. The van der Waals surface area contributed by atoms with Gasteiger partial charge in [0.05, 0.1) is 5.69 Å². The van der Waals surface area contributed by atoms with Crippen LogP contribution in [0.5, 0.6) is 0 Å². The van der Waals surface area contributed by atoms with Gasteiger partial charge in [-0.25, -0.2) is 14.4 Å². The van der Waals surface area contributed by atoms with Crippen LogP contribution in [0.3, 0.4) is 0 Å². The van der Waals surface area contributed by atoms with Crippen molar-refractivity contribution in [3.8, 4) is 0 Å². The topological polar surface area (TPSA) is 37.8 Å². The Kier molecular flexibility index (Phi) is 3.68. The van der Waals surface area contributed by atoms with E-state index in [0.29, 0.717) is 11.4 Å². The van der Waals surface area contributed by atoms with E-state index in [4.69, 9.17) is 11.6 Å². The number of benzene rings is 1. The molecule has 2 aromatic rings. The number of rotatable bonds is 2. The zero-order valence-corrected chi connectivity index (χ0v) is 12.0. The van der Waals surface area contributed by atoms with Crippen LogP contribution in [0.1, 0.15) is 28.3 Å². The summed E-state index contributed by atoms with van der Waals surface area (Å²) in [6.07, 6.45) is 1.45. The molecule has 1 N–H and O–H groups in total. The largest absolute Gasteiger partial charge is 0.312 e. The Hall–Kier alpha value is -1.52. The van der Waals surface area contributed by atoms with Crippen LogP contribution in [0.15, 0.2) is 18.2 Å². The molecule has 1 aromatic carbocycles. The van der Waals surface area contributed by atoms with Crippen LogP contribution in [0, 0.1) is 12.7 Å². The smallest absolute Gasteiger partial charge is 0.133 e. The van der Waals surface area contributed by atoms with E-state index in [1.165, 1.54) is 17.7 Å². The Labute approximate surface area is 122 Å². The van der Waals surface area contributed by atoms with E-state index >= 15 is 0 Å². The van der Waals surface area contributed by atoms with Crippen molar-refractivity contribution in [1.82, 2.24) is 15.3 Å². The summed E-state index contributed by atoms with van der Waals surface area (Å²) in [6, 6.07) is 4.43. The van der Waals surface area contributed by atoms with E-state index in [1.807, 2.05) is 6.92 Å².